The monoisotopic (exact) mass is 283 g/mol. The van der Waals surface area contributed by atoms with Crippen LogP contribution in [0, 0.1) is 6.92 Å². The fourth-order valence-corrected chi connectivity index (χ4v) is 2.42. The fraction of sp³-hybridized carbons (Fsp3) is 0.125. The Morgan fingerprint density at radius 1 is 1.15 bits per heavy atom. The van der Waals surface area contributed by atoms with Gasteiger partial charge in [0.15, 0.2) is 0 Å². The van der Waals surface area contributed by atoms with E-state index < -0.39 is 0 Å². The van der Waals surface area contributed by atoms with Gasteiger partial charge >= 0.3 is 0 Å². The van der Waals surface area contributed by atoms with Gasteiger partial charge in [-0.15, -0.1) is 0 Å². The number of anilines is 1. The number of hydrogen-bond acceptors (Lipinski definition) is 3. The molecule has 0 bridgehead atoms. The summed E-state index contributed by atoms with van der Waals surface area (Å²) in [5.74, 6) is 0. The normalized spacial score (nSPS) is 10.7. The highest BCUT2D eigenvalue weighted by atomic mass is 35.5. The van der Waals surface area contributed by atoms with Crippen molar-refractivity contribution in [2.75, 3.05) is 5.32 Å². The molecule has 1 aromatic carbocycles. The van der Waals surface area contributed by atoms with Crippen molar-refractivity contribution >= 4 is 28.2 Å². The van der Waals surface area contributed by atoms with Gasteiger partial charge in [0.1, 0.15) is 5.15 Å². The first-order valence-electron chi connectivity index (χ1n) is 6.43. The molecule has 0 amide bonds. The maximum Gasteiger partial charge on any atom is 0.131 e. The van der Waals surface area contributed by atoms with Crippen LogP contribution in [0.15, 0.2) is 48.7 Å². The molecule has 0 aliphatic carbocycles. The molecule has 0 fully saturated rings. The Morgan fingerprint density at radius 3 is 2.85 bits per heavy atom. The van der Waals surface area contributed by atoms with Gasteiger partial charge in [-0.05, 0) is 36.8 Å². The van der Waals surface area contributed by atoms with Crippen LogP contribution >= 0.6 is 11.6 Å². The second kappa shape index (κ2) is 5.47. The molecule has 0 aliphatic heterocycles. The first-order valence-corrected chi connectivity index (χ1v) is 6.81. The summed E-state index contributed by atoms with van der Waals surface area (Å²) in [6, 6.07) is 14.0. The molecular weight excluding hydrogens is 270 g/mol. The molecule has 0 saturated carbocycles. The van der Waals surface area contributed by atoms with E-state index in [9.17, 15) is 0 Å². The van der Waals surface area contributed by atoms with Crippen molar-refractivity contribution in [2.24, 2.45) is 0 Å². The molecule has 0 unspecified atom stereocenters. The standard InChI is InChI=1S/C16H14ClN3/c1-11-8-12(14-4-2-3-5-15(14)20-11)10-19-13-6-7-18-16(17)9-13/h2-9H,10H2,1H3,(H,18,19). The van der Waals surface area contributed by atoms with E-state index >= 15 is 0 Å². The van der Waals surface area contributed by atoms with E-state index in [1.54, 1.807) is 6.20 Å². The van der Waals surface area contributed by atoms with Gasteiger partial charge in [-0.3, -0.25) is 4.98 Å². The van der Waals surface area contributed by atoms with E-state index in [0.717, 1.165) is 23.4 Å². The van der Waals surface area contributed by atoms with Crippen molar-refractivity contribution in [3.8, 4) is 0 Å². The van der Waals surface area contributed by atoms with Crippen LogP contribution in [0.2, 0.25) is 5.15 Å². The lowest BCUT2D eigenvalue weighted by Crippen LogP contribution is -2.01. The molecular formula is C16H14ClN3. The van der Waals surface area contributed by atoms with Gasteiger partial charge in [-0.1, -0.05) is 29.8 Å². The Hall–Kier alpha value is -2.13. The molecule has 0 atom stereocenters. The van der Waals surface area contributed by atoms with Gasteiger partial charge in [-0.2, -0.15) is 0 Å². The molecule has 2 aromatic heterocycles. The van der Waals surface area contributed by atoms with Gasteiger partial charge < -0.3 is 5.32 Å². The summed E-state index contributed by atoms with van der Waals surface area (Å²) >= 11 is 5.89. The fourth-order valence-electron chi connectivity index (χ4n) is 2.25. The zero-order chi connectivity index (χ0) is 13.9. The lowest BCUT2D eigenvalue weighted by Gasteiger charge is -2.10. The minimum absolute atomic E-state index is 0.491. The van der Waals surface area contributed by atoms with Gasteiger partial charge in [0, 0.05) is 29.5 Å². The van der Waals surface area contributed by atoms with E-state index in [0.29, 0.717) is 5.15 Å². The zero-order valence-corrected chi connectivity index (χ0v) is 11.9. The lowest BCUT2D eigenvalue weighted by molar-refractivity contribution is 1.13. The maximum absolute atomic E-state index is 5.89. The van der Waals surface area contributed by atoms with E-state index in [2.05, 4.69) is 27.4 Å². The lowest BCUT2D eigenvalue weighted by atomic mass is 10.1. The summed E-state index contributed by atoms with van der Waals surface area (Å²) < 4.78 is 0. The predicted molar refractivity (Wildman–Crippen MR) is 83.1 cm³/mol. The summed E-state index contributed by atoms with van der Waals surface area (Å²) in [4.78, 5) is 8.52. The van der Waals surface area contributed by atoms with E-state index in [1.165, 1.54) is 10.9 Å². The average Bonchev–Trinajstić information content (AvgIpc) is 2.44. The average molecular weight is 284 g/mol. The number of benzene rings is 1. The van der Waals surface area contributed by atoms with Crippen molar-refractivity contribution in [2.45, 2.75) is 13.5 Å². The summed E-state index contributed by atoms with van der Waals surface area (Å²) in [6.45, 7) is 2.74. The summed E-state index contributed by atoms with van der Waals surface area (Å²) in [7, 11) is 0. The molecule has 0 spiro atoms. The Kier molecular flexibility index (Phi) is 3.52. The first kappa shape index (κ1) is 12.9. The highest BCUT2D eigenvalue weighted by Crippen LogP contribution is 2.20. The number of nitrogens with one attached hydrogen (secondary N) is 1. The van der Waals surface area contributed by atoms with Crippen LogP contribution in [-0.2, 0) is 6.54 Å². The van der Waals surface area contributed by atoms with Crippen molar-refractivity contribution < 1.29 is 0 Å². The second-order valence-electron chi connectivity index (χ2n) is 4.66. The van der Waals surface area contributed by atoms with E-state index in [-0.39, 0.29) is 0 Å². The van der Waals surface area contributed by atoms with Crippen LogP contribution in [0.5, 0.6) is 0 Å². The molecule has 2 heterocycles. The van der Waals surface area contributed by atoms with Crippen LogP contribution in [0.1, 0.15) is 11.3 Å². The molecule has 0 saturated heterocycles. The highest BCUT2D eigenvalue weighted by Gasteiger charge is 2.03. The van der Waals surface area contributed by atoms with Crippen LogP contribution in [0.4, 0.5) is 5.69 Å². The topological polar surface area (TPSA) is 37.8 Å². The quantitative estimate of drug-likeness (QED) is 0.732. The SMILES string of the molecule is Cc1cc(CNc2ccnc(Cl)c2)c2ccccc2n1. The van der Waals surface area contributed by atoms with Crippen LogP contribution < -0.4 is 5.32 Å². The molecule has 3 nitrogen and oxygen atoms in total. The summed E-state index contributed by atoms with van der Waals surface area (Å²) in [5.41, 5.74) is 4.23. The van der Waals surface area contributed by atoms with Crippen molar-refractivity contribution in [1.29, 1.82) is 0 Å². The summed E-state index contributed by atoms with van der Waals surface area (Å²) in [6.07, 6.45) is 1.70. The molecule has 0 radical (unpaired) electrons. The number of nitrogens with zero attached hydrogens (tertiary/aromatic N) is 2. The maximum atomic E-state index is 5.89. The third kappa shape index (κ3) is 2.73. The Balaban J connectivity index is 1.91. The van der Waals surface area contributed by atoms with Crippen LogP contribution in [0.3, 0.4) is 0 Å². The van der Waals surface area contributed by atoms with Gasteiger partial charge in [-0.25, -0.2) is 4.98 Å². The van der Waals surface area contributed by atoms with Crippen LogP contribution in [-0.4, -0.2) is 9.97 Å². The highest BCUT2D eigenvalue weighted by molar-refractivity contribution is 6.29. The van der Waals surface area contributed by atoms with Gasteiger partial charge in [0.05, 0.1) is 5.52 Å². The molecule has 100 valence electrons. The molecule has 3 rings (SSSR count). The molecule has 0 aliphatic rings. The van der Waals surface area contributed by atoms with Crippen molar-refractivity contribution in [3.63, 3.8) is 0 Å². The van der Waals surface area contributed by atoms with Crippen LogP contribution in [0.25, 0.3) is 10.9 Å². The molecule has 1 N–H and O–H groups in total. The molecule has 20 heavy (non-hydrogen) atoms. The Bertz CT molecular complexity index is 756. The van der Waals surface area contributed by atoms with Crippen molar-refractivity contribution in [3.05, 3.63) is 65.1 Å². The second-order valence-corrected chi connectivity index (χ2v) is 5.05. The van der Waals surface area contributed by atoms with E-state index in [4.69, 9.17) is 11.6 Å². The number of para-hydroxylation sites is 1. The molecule has 4 heteroatoms. The number of fused-ring (bicyclic) bond motifs is 1. The number of aryl methyl sites for hydroxylation is 1. The van der Waals surface area contributed by atoms with Crippen molar-refractivity contribution in [1.82, 2.24) is 9.97 Å². The van der Waals surface area contributed by atoms with E-state index in [1.807, 2.05) is 37.3 Å². The molecule has 3 aromatic rings. The number of hydrogen-bond donors (Lipinski definition) is 1. The first-order chi connectivity index (χ1) is 9.72. The Labute approximate surface area is 122 Å². The minimum Gasteiger partial charge on any atom is -0.381 e. The third-order valence-corrected chi connectivity index (χ3v) is 3.35. The third-order valence-electron chi connectivity index (χ3n) is 3.14. The largest absolute Gasteiger partial charge is 0.381 e. The predicted octanol–water partition coefficient (Wildman–Crippen LogP) is 4.20. The smallest absolute Gasteiger partial charge is 0.131 e. The number of halogens is 1. The minimum atomic E-state index is 0.491. The number of pyridine rings is 2. The number of rotatable bonds is 3. The Morgan fingerprint density at radius 2 is 2.00 bits per heavy atom. The van der Waals surface area contributed by atoms with Gasteiger partial charge in [0.2, 0.25) is 0 Å². The zero-order valence-electron chi connectivity index (χ0n) is 11.1. The number of aromatic nitrogens is 2. The summed E-state index contributed by atoms with van der Waals surface area (Å²) in [5, 5.41) is 5.03. The van der Waals surface area contributed by atoms with Gasteiger partial charge in [0.25, 0.3) is 0 Å².